The molecule has 0 saturated heterocycles. The van der Waals surface area contributed by atoms with E-state index in [2.05, 4.69) is 10.5 Å². The molecule has 0 amide bonds. The van der Waals surface area contributed by atoms with Crippen LogP contribution in [-0.2, 0) is 0 Å². The van der Waals surface area contributed by atoms with Gasteiger partial charge in [0.25, 0.3) is 11.4 Å². The van der Waals surface area contributed by atoms with Crippen molar-refractivity contribution >= 4 is 28.8 Å². The van der Waals surface area contributed by atoms with Gasteiger partial charge in [0, 0.05) is 13.0 Å². The second-order valence-corrected chi connectivity index (χ2v) is 7.74. The Bertz CT molecular complexity index is 789. The van der Waals surface area contributed by atoms with Crippen molar-refractivity contribution in [2.45, 2.75) is 64.6 Å². The molecule has 0 radical (unpaired) electrons. The SMILES string of the molecule is CCO.Cc1ccc(C2=[N+]([O-])C3(CCCC/C3=N\NC(N)=S)N(O)C2(C)C)o1. The summed E-state index contributed by atoms with van der Waals surface area (Å²) in [6.45, 7) is 7.31. The van der Waals surface area contributed by atoms with Gasteiger partial charge in [-0.1, -0.05) is 0 Å². The molecule has 2 aliphatic rings. The lowest BCUT2D eigenvalue weighted by Gasteiger charge is -2.38. The third-order valence-corrected chi connectivity index (χ3v) is 5.02. The molecule has 1 atom stereocenters. The van der Waals surface area contributed by atoms with Crippen LogP contribution < -0.4 is 11.2 Å². The Morgan fingerprint density at radius 2 is 2.11 bits per heavy atom. The topological polar surface area (TPSA) is 133 Å². The second-order valence-electron chi connectivity index (χ2n) is 7.30. The van der Waals surface area contributed by atoms with E-state index < -0.39 is 11.2 Å². The number of nitrogens with one attached hydrogen (secondary N) is 1. The summed E-state index contributed by atoms with van der Waals surface area (Å²) in [5.74, 6) is 1.14. The van der Waals surface area contributed by atoms with E-state index in [1.165, 1.54) is 0 Å². The summed E-state index contributed by atoms with van der Waals surface area (Å²) in [5, 5.41) is 37.4. The lowest BCUT2D eigenvalue weighted by atomic mass is 9.86. The third-order valence-electron chi connectivity index (χ3n) is 4.92. The first kappa shape index (κ1) is 22.3. The number of hydrogen-bond acceptors (Lipinski definition) is 7. The third kappa shape index (κ3) is 3.77. The number of aliphatic hydroxyl groups excluding tert-OH is 1. The zero-order chi connectivity index (χ0) is 21.1. The number of aliphatic hydroxyl groups is 1. The monoisotopic (exact) mass is 411 g/mol. The molecule has 0 bridgehead atoms. The van der Waals surface area contributed by atoms with Crippen LogP contribution in [0.1, 0.15) is 58.0 Å². The van der Waals surface area contributed by atoms with Crippen LogP contribution in [-0.4, -0.2) is 54.5 Å². The lowest BCUT2D eigenvalue weighted by molar-refractivity contribution is -0.568. The number of hydrazone groups is 1. The van der Waals surface area contributed by atoms with Crippen molar-refractivity contribution in [3.8, 4) is 0 Å². The summed E-state index contributed by atoms with van der Waals surface area (Å²) in [7, 11) is 0. The Labute approximate surface area is 170 Å². The van der Waals surface area contributed by atoms with Crippen LogP contribution in [0.3, 0.4) is 0 Å². The largest absolute Gasteiger partial charge is 0.622 e. The smallest absolute Gasteiger partial charge is 0.292 e. The van der Waals surface area contributed by atoms with Gasteiger partial charge in [0.2, 0.25) is 0 Å². The van der Waals surface area contributed by atoms with Crippen LogP contribution in [0.5, 0.6) is 0 Å². The first-order valence-corrected chi connectivity index (χ1v) is 9.67. The molecule has 2 heterocycles. The summed E-state index contributed by atoms with van der Waals surface area (Å²) < 4.78 is 6.51. The number of furan rings is 1. The fraction of sp³-hybridized carbons (Fsp3) is 0.611. The highest BCUT2D eigenvalue weighted by Gasteiger charge is 2.66. The van der Waals surface area contributed by atoms with Gasteiger partial charge in [0.1, 0.15) is 17.0 Å². The van der Waals surface area contributed by atoms with Crippen molar-refractivity contribution in [2.24, 2.45) is 10.8 Å². The summed E-state index contributed by atoms with van der Waals surface area (Å²) in [4.78, 5) is 0. The highest BCUT2D eigenvalue weighted by Crippen LogP contribution is 2.42. The second kappa shape index (κ2) is 8.56. The Balaban J connectivity index is 0.000000878. The standard InChI is InChI=1S/C16H23N5O3S.C2H6O/c1-10-7-8-11(24-10)13-15(2,3)21(23)16(20(13)22)9-5-4-6-12(16)18-19-14(17)25;1-2-3/h7-8,23H,4-6,9H2,1-3H3,(H3,17,19,25);3H,2H2,1H3/b18-12+;. The Morgan fingerprint density at radius 1 is 1.46 bits per heavy atom. The first-order valence-electron chi connectivity index (χ1n) is 9.27. The molecule has 5 N–H and O–H groups in total. The molecule has 1 unspecified atom stereocenters. The molecule has 1 fully saturated rings. The van der Waals surface area contributed by atoms with E-state index in [0.717, 1.165) is 22.6 Å². The molecular formula is C18H29N5O4S. The van der Waals surface area contributed by atoms with Crippen LogP contribution in [0.2, 0.25) is 0 Å². The van der Waals surface area contributed by atoms with Crippen molar-refractivity contribution in [3.05, 3.63) is 28.9 Å². The number of nitrogens with two attached hydrogens (primary N) is 1. The maximum absolute atomic E-state index is 13.4. The lowest BCUT2D eigenvalue weighted by Crippen LogP contribution is -2.61. The molecular weight excluding hydrogens is 382 g/mol. The normalized spacial score (nSPS) is 25.7. The van der Waals surface area contributed by atoms with E-state index in [4.69, 9.17) is 27.5 Å². The predicted molar refractivity (Wildman–Crippen MR) is 110 cm³/mol. The average molecular weight is 412 g/mol. The number of thiocarbonyl (C=S) groups is 1. The van der Waals surface area contributed by atoms with Gasteiger partial charge in [-0.2, -0.15) is 9.84 Å². The van der Waals surface area contributed by atoms with Gasteiger partial charge in [-0.25, -0.2) is 0 Å². The Kier molecular flexibility index (Phi) is 6.81. The van der Waals surface area contributed by atoms with Crippen LogP contribution in [0.15, 0.2) is 21.7 Å². The van der Waals surface area contributed by atoms with Gasteiger partial charge in [-0.3, -0.25) is 5.43 Å². The highest BCUT2D eigenvalue weighted by atomic mass is 32.1. The van der Waals surface area contributed by atoms with E-state index >= 15 is 0 Å². The summed E-state index contributed by atoms with van der Waals surface area (Å²) >= 11 is 4.81. The zero-order valence-electron chi connectivity index (χ0n) is 16.7. The molecule has 156 valence electrons. The van der Waals surface area contributed by atoms with E-state index in [9.17, 15) is 10.4 Å². The number of rotatable bonds is 2. The summed E-state index contributed by atoms with van der Waals surface area (Å²) in [6, 6.07) is 3.54. The van der Waals surface area contributed by atoms with Crippen molar-refractivity contribution in [1.29, 1.82) is 0 Å². The van der Waals surface area contributed by atoms with Gasteiger partial charge in [0.15, 0.2) is 10.9 Å². The van der Waals surface area contributed by atoms with Gasteiger partial charge in [0.05, 0.1) is 0 Å². The van der Waals surface area contributed by atoms with Gasteiger partial charge in [-0.15, -0.1) is 5.06 Å². The minimum absolute atomic E-state index is 0.0123. The fourth-order valence-electron chi connectivity index (χ4n) is 3.77. The van der Waals surface area contributed by atoms with Gasteiger partial charge >= 0.3 is 0 Å². The maximum Gasteiger partial charge on any atom is 0.292 e. The molecule has 1 aromatic rings. The number of nitrogens with zero attached hydrogens (tertiary/aromatic N) is 3. The minimum Gasteiger partial charge on any atom is -0.622 e. The molecule has 9 nitrogen and oxygen atoms in total. The molecule has 1 spiro atoms. The van der Waals surface area contributed by atoms with Crippen molar-refractivity contribution in [3.63, 3.8) is 0 Å². The fourth-order valence-corrected chi connectivity index (χ4v) is 3.81. The molecule has 3 rings (SSSR count). The average Bonchev–Trinajstić information content (AvgIpc) is 3.10. The maximum atomic E-state index is 13.4. The molecule has 1 aliphatic heterocycles. The summed E-state index contributed by atoms with van der Waals surface area (Å²) in [5.41, 5.74) is 6.65. The van der Waals surface area contributed by atoms with E-state index in [1.807, 2.05) is 6.92 Å². The molecule has 0 aromatic carbocycles. The van der Waals surface area contributed by atoms with E-state index in [0.29, 0.717) is 35.8 Å². The zero-order valence-corrected chi connectivity index (χ0v) is 17.5. The number of aryl methyl sites for hydroxylation is 1. The van der Waals surface area contributed by atoms with Crippen LogP contribution in [0.4, 0.5) is 0 Å². The number of hydroxylamine groups is 3. The molecule has 1 saturated carbocycles. The van der Waals surface area contributed by atoms with Gasteiger partial charge in [-0.05, 0) is 71.3 Å². The van der Waals surface area contributed by atoms with Crippen molar-refractivity contribution in [1.82, 2.24) is 10.5 Å². The first-order chi connectivity index (χ1) is 13.1. The Hall–Kier alpha value is -2.01. The van der Waals surface area contributed by atoms with Crippen molar-refractivity contribution in [2.75, 3.05) is 6.61 Å². The minimum atomic E-state index is -1.30. The van der Waals surface area contributed by atoms with Crippen molar-refractivity contribution < 1.29 is 19.5 Å². The molecule has 1 aliphatic carbocycles. The van der Waals surface area contributed by atoms with Crippen LogP contribution in [0.25, 0.3) is 0 Å². The predicted octanol–water partition coefficient (Wildman–Crippen LogP) is 1.83. The number of hydrogen-bond donors (Lipinski definition) is 4. The molecule has 1 aromatic heterocycles. The Morgan fingerprint density at radius 3 is 2.64 bits per heavy atom. The summed E-state index contributed by atoms with van der Waals surface area (Å²) in [6.07, 6.45) is 2.67. The van der Waals surface area contributed by atoms with Crippen LogP contribution >= 0.6 is 12.2 Å². The molecule has 28 heavy (non-hydrogen) atoms. The molecule has 10 heteroatoms. The van der Waals surface area contributed by atoms with E-state index in [-0.39, 0.29) is 11.7 Å². The quantitative estimate of drug-likeness (QED) is 0.251. The van der Waals surface area contributed by atoms with Gasteiger partial charge < -0.3 is 25.7 Å². The highest BCUT2D eigenvalue weighted by molar-refractivity contribution is 7.80. The van der Waals surface area contributed by atoms with Crippen LogP contribution in [0, 0.1) is 12.1 Å². The van der Waals surface area contributed by atoms with E-state index in [1.54, 1.807) is 32.9 Å².